The van der Waals surface area contributed by atoms with Crippen molar-refractivity contribution in [2.45, 2.75) is 6.23 Å². The normalized spacial score (nSPS) is 17.0. The molecule has 1 unspecified atom stereocenters. The van der Waals surface area contributed by atoms with E-state index in [2.05, 4.69) is 0 Å². The zero-order valence-electron chi connectivity index (χ0n) is 14.4. The number of rotatable bonds is 5. The molecule has 2 aromatic rings. The largest absolute Gasteiger partial charge is 0.497 e. The number of cyclic esters (lactones) is 1. The second kappa shape index (κ2) is 6.91. The molecule has 0 N–H and O–H groups in total. The summed E-state index contributed by atoms with van der Waals surface area (Å²) in [6, 6.07) is 15.9. The van der Waals surface area contributed by atoms with Gasteiger partial charge in [-0.05, 0) is 43.9 Å². The van der Waals surface area contributed by atoms with Gasteiger partial charge in [0.15, 0.2) is 12.0 Å². The van der Waals surface area contributed by atoms with Gasteiger partial charge in [0.1, 0.15) is 5.75 Å². The molecular formula is C20H19NO4. The van der Waals surface area contributed by atoms with Crippen LogP contribution in [-0.4, -0.2) is 44.1 Å². The Morgan fingerprint density at radius 1 is 1.04 bits per heavy atom. The number of nitrogens with zero attached hydrogens (tertiary/aromatic N) is 1. The molecule has 128 valence electrons. The maximum Gasteiger partial charge on any atom is 0.341 e. The van der Waals surface area contributed by atoms with Crippen LogP contribution in [0.15, 0.2) is 60.2 Å². The number of ether oxygens (including phenoxy) is 2. The zero-order valence-corrected chi connectivity index (χ0v) is 14.4. The zero-order chi connectivity index (χ0) is 18.0. The highest BCUT2D eigenvalue weighted by atomic mass is 16.6. The number of methoxy groups -OCH3 is 1. The van der Waals surface area contributed by atoms with Crippen molar-refractivity contribution in [1.82, 2.24) is 4.90 Å². The molecule has 0 radical (unpaired) electrons. The van der Waals surface area contributed by atoms with Gasteiger partial charge in [-0.3, -0.25) is 9.69 Å². The minimum atomic E-state index is -0.711. The van der Waals surface area contributed by atoms with E-state index in [0.29, 0.717) is 28.0 Å². The molecule has 0 saturated carbocycles. The van der Waals surface area contributed by atoms with Crippen molar-refractivity contribution in [2.75, 3.05) is 21.2 Å². The summed E-state index contributed by atoms with van der Waals surface area (Å²) in [5.41, 5.74) is 1.83. The number of likely N-dealkylation sites (N-methyl/N-ethyl adjacent to an activating group) is 1. The van der Waals surface area contributed by atoms with Crippen LogP contribution in [0.3, 0.4) is 0 Å². The van der Waals surface area contributed by atoms with Gasteiger partial charge in [0, 0.05) is 5.56 Å². The first-order chi connectivity index (χ1) is 12.0. The Labute approximate surface area is 146 Å². The van der Waals surface area contributed by atoms with Crippen LogP contribution in [0.25, 0.3) is 5.57 Å². The van der Waals surface area contributed by atoms with Crippen molar-refractivity contribution in [3.8, 4) is 5.75 Å². The lowest BCUT2D eigenvalue weighted by Gasteiger charge is -2.20. The first kappa shape index (κ1) is 16.9. The van der Waals surface area contributed by atoms with Crippen LogP contribution in [0.2, 0.25) is 0 Å². The summed E-state index contributed by atoms with van der Waals surface area (Å²) in [5.74, 6) is -0.0514. The van der Waals surface area contributed by atoms with Crippen LogP contribution >= 0.6 is 0 Å². The predicted molar refractivity (Wildman–Crippen MR) is 94.3 cm³/mol. The van der Waals surface area contributed by atoms with E-state index in [1.165, 1.54) is 0 Å². The fourth-order valence-electron chi connectivity index (χ4n) is 2.82. The third-order valence-electron chi connectivity index (χ3n) is 4.07. The van der Waals surface area contributed by atoms with Crippen LogP contribution in [0.4, 0.5) is 0 Å². The number of carbonyl (C=O) groups excluding carboxylic acids is 2. The maximum atomic E-state index is 13.1. The topological polar surface area (TPSA) is 55.8 Å². The maximum absolute atomic E-state index is 13.1. The second-order valence-electron chi connectivity index (χ2n) is 5.93. The number of hydrogen-bond donors (Lipinski definition) is 0. The molecule has 25 heavy (non-hydrogen) atoms. The fraction of sp³-hybridized carbons (Fsp3) is 0.200. The molecule has 0 amide bonds. The molecule has 0 saturated heterocycles. The predicted octanol–water partition coefficient (Wildman–Crippen LogP) is 2.78. The first-order valence-electron chi connectivity index (χ1n) is 7.88. The number of esters is 1. The van der Waals surface area contributed by atoms with Gasteiger partial charge >= 0.3 is 5.97 Å². The van der Waals surface area contributed by atoms with Crippen LogP contribution in [0.5, 0.6) is 5.75 Å². The monoisotopic (exact) mass is 337 g/mol. The molecule has 1 heterocycles. The van der Waals surface area contributed by atoms with E-state index in [1.807, 2.05) is 18.2 Å². The van der Waals surface area contributed by atoms with Crippen molar-refractivity contribution in [1.29, 1.82) is 0 Å². The van der Waals surface area contributed by atoms with Crippen molar-refractivity contribution < 1.29 is 19.1 Å². The smallest absolute Gasteiger partial charge is 0.341 e. The molecule has 5 heteroatoms. The minimum absolute atomic E-state index is 0.231. The van der Waals surface area contributed by atoms with E-state index < -0.39 is 12.2 Å². The quantitative estimate of drug-likeness (QED) is 0.620. The van der Waals surface area contributed by atoms with Gasteiger partial charge in [0.2, 0.25) is 0 Å². The lowest BCUT2D eigenvalue weighted by molar-refractivity contribution is -0.143. The van der Waals surface area contributed by atoms with Crippen molar-refractivity contribution in [3.63, 3.8) is 0 Å². The first-order valence-corrected chi connectivity index (χ1v) is 7.88. The molecule has 1 atom stereocenters. The van der Waals surface area contributed by atoms with Crippen LogP contribution < -0.4 is 4.74 Å². The van der Waals surface area contributed by atoms with Crippen molar-refractivity contribution in [2.24, 2.45) is 0 Å². The molecular weight excluding hydrogens is 318 g/mol. The Morgan fingerprint density at radius 3 is 2.24 bits per heavy atom. The van der Waals surface area contributed by atoms with E-state index >= 15 is 0 Å². The lowest BCUT2D eigenvalue weighted by Crippen LogP contribution is -2.32. The summed E-state index contributed by atoms with van der Waals surface area (Å²) in [6.45, 7) is 0. The van der Waals surface area contributed by atoms with E-state index in [4.69, 9.17) is 9.47 Å². The second-order valence-corrected chi connectivity index (χ2v) is 5.93. The average Bonchev–Trinajstić information content (AvgIpc) is 2.99. The summed E-state index contributed by atoms with van der Waals surface area (Å²) >= 11 is 0. The Bertz CT molecular complexity index is 823. The van der Waals surface area contributed by atoms with Crippen molar-refractivity contribution in [3.05, 3.63) is 71.3 Å². The summed E-state index contributed by atoms with van der Waals surface area (Å²) in [5, 5.41) is 0. The molecule has 0 bridgehead atoms. The van der Waals surface area contributed by atoms with Crippen molar-refractivity contribution >= 4 is 17.3 Å². The standard InChI is InChI=1S/C20H19NO4/c1-21(2)19-17(18(22)14-9-11-15(24-3)12-10-14)16(20(23)25-19)13-7-5-4-6-8-13/h4-12,19H,1-3H3. The van der Waals surface area contributed by atoms with Gasteiger partial charge < -0.3 is 9.47 Å². The van der Waals surface area contributed by atoms with E-state index in [-0.39, 0.29) is 5.78 Å². The third-order valence-corrected chi connectivity index (χ3v) is 4.07. The highest BCUT2D eigenvalue weighted by Crippen LogP contribution is 2.34. The number of benzene rings is 2. The molecule has 1 aliphatic heterocycles. The Hall–Kier alpha value is -2.92. The summed E-state index contributed by atoms with van der Waals surface area (Å²) < 4.78 is 10.6. The fourth-order valence-corrected chi connectivity index (χ4v) is 2.82. The number of hydrogen-bond acceptors (Lipinski definition) is 5. The van der Waals surface area contributed by atoms with E-state index in [9.17, 15) is 9.59 Å². The molecule has 1 aliphatic rings. The lowest BCUT2D eigenvalue weighted by atomic mass is 9.94. The number of Topliss-reactive ketones (excluding diaryl/α,β-unsaturated/α-hetero) is 1. The molecule has 0 aliphatic carbocycles. The van der Waals surface area contributed by atoms with Crippen LogP contribution in [0.1, 0.15) is 15.9 Å². The van der Waals surface area contributed by atoms with E-state index in [0.717, 1.165) is 0 Å². The number of carbonyl (C=O) groups is 2. The molecule has 0 fully saturated rings. The van der Waals surface area contributed by atoms with Gasteiger partial charge in [0.25, 0.3) is 0 Å². The SMILES string of the molecule is COc1ccc(C(=O)C2=C(c3ccccc3)C(=O)OC2N(C)C)cc1. The number of ketones is 1. The van der Waals surface area contributed by atoms with Crippen LogP contribution in [0, 0.1) is 0 Å². The van der Waals surface area contributed by atoms with Crippen LogP contribution in [-0.2, 0) is 9.53 Å². The minimum Gasteiger partial charge on any atom is -0.497 e. The Morgan fingerprint density at radius 2 is 1.68 bits per heavy atom. The van der Waals surface area contributed by atoms with Gasteiger partial charge in [-0.2, -0.15) is 0 Å². The Kier molecular flexibility index (Phi) is 4.67. The Balaban J connectivity index is 2.12. The molecule has 2 aromatic carbocycles. The summed E-state index contributed by atoms with van der Waals surface area (Å²) in [7, 11) is 5.11. The van der Waals surface area contributed by atoms with Gasteiger partial charge in [0.05, 0.1) is 18.3 Å². The van der Waals surface area contributed by atoms with Gasteiger partial charge in [-0.25, -0.2) is 4.79 Å². The molecule has 0 spiro atoms. The highest BCUT2D eigenvalue weighted by molar-refractivity contribution is 6.29. The van der Waals surface area contributed by atoms with Gasteiger partial charge in [-0.1, -0.05) is 30.3 Å². The molecule has 5 nitrogen and oxygen atoms in total. The summed E-state index contributed by atoms with van der Waals surface area (Å²) in [4.78, 5) is 27.3. The third kappa shape index (κ3) is 3.19. The molecule has 0 aromatic heterocycles. The molecule has 3 rings (SSSR count). The summed E-state index contributed by atoms with van der Waals surface area (Å²) in [6.07, 6.45) is -0.711. The van der Waals surface area contributed by atoms with E-state index in [1.54, 1.807) is 62.5 Å². The highest BCUT2D eigenvalue weighted by Gasteiger charge is 2.40. The van der Waals surface area contributed by atoms with Gasteiger partial charge in [-0.15, -0.1) is 0 Å². The average molecular weight is 337 g/mol.